The van der Waals surface area contributed by atoms with E-state index in [0.717, 1.165) is 26.1 Å². The summed E-state index contributed by atoms with van der Waals surface area (Å²) in [5.74, 6) is 0.655. The molecule has 0 radical (unpaired) electrons. The molecule has 2 aliphatic rings. The van der Waals surface area contributed by atoms with Crippen LogP contribution in [0.2, 0.25) is 0 Å². The van der Waals surface area contributed by atoms with Crippen LogP contribution in [0, 0.1) is 5.92 Å². The lowest BCUT2D eigenvalue weighted by Crippen LogP contribution is -2.60. The number of rotatable bonds is 11. The smallest absolute Gasteiger partial charge is 0.0628 e. The third-order valence-corrected chi connectivity index (χ3v) is 4.99. The van der Waals surface area contributed by atoms with Crippen molar-refractivity contribution >= 4 is 0 Å². The number of nitrogens with one attached hydrogen (secondary N) is 1. The van der Waals surface area contributed by atoms with Crippen LogP contribution < -0.4 is 5.32 Å². The lowest BCUT2D eigenvalue weighted by molar-refractivity contribution is 0.0536. The molecule has 0 heterocycles. The quantitative estimate of drug-likeness (QED) is 0.605. The SMILES string of the molecule is CCC(C)N(CCOC)CC(CO)(NC1CC1)C1CC1. The van der Waals surface area contributed by atoms with Crippen LogP contribution in [-0.4, -0.2) is 61.0 Å². The van der Waals surface area contributed by atoms with Crippen molar-refractivity contribution in [3.05, 3.63) is 0 Å². The minimum absolute atomic E-state index is 0.0850. The zero-order valence-electron chi connectivity index (χ0n) is 13.4. The molecule has 2 saturated carbocycles. The van der Waals surface area contributed by atoms with E-state index >= 15 is 0 Å². The van der Waals surface area contributed by atoms with Gasteiger partial charge in [0.1, 0.15) is 0 Å². The van der Waals surface area contributed by atoms with Crippen LogP contribution in [0.15, 0.2) is 0 Å². The van der Waals surface area contributed by atoms with Crippen molar-refractivity contribution < 1.29 is 9.84 Å². The average molecular weight is 284 g/mol. The van der Waals surface area contributed by atoms with Gasteiger partial charge in [-0.25, -0.2) is 0 Å². The minimum atomic E-state index is -0.0850. The average Bonchev–Trinajstić information content (AvgIpc) is 3.33. The van der Waals surface area contributed by atoms with Crippen LogP contribution >= 0.6 is 0 Å². The number of ether oxygens (including phenoxy) is 1. The first-order valence-corrected chi connectivity index (χ1v) is 8.26. The highest BCUT2D eigenvalue weighted by Gasteiger charge is 2.48. The molecule has 0 amide bonds. The van der Waals surface area contributed by atoms with E-state index in [1.165, 1.54) is 25.7 Å². The van der Waals surface area contributed by atoms with Crippen LogP contribution in [0.3, 0.4) is 0 Å². The fraction of sp³-hybridized carbons (Fsp3) is 1.00. The van der Waals surface area contributed by atoms with E-state index in [-0.39, 0.29) is 12.1 Å². The maximum Gasteiger partial charge on any atom is 0.0628 e. The molecule has 20 heavy (non-hydrogen) atoms. The first-order valence-electron chi connectivity index (χ1n) is 8.26. The van der Waals surface area contributed by atoms with E-state index in [4.69, 9.17) is 4.74 Å². The molecule has 0 saturated heterocycles. The van der Waals surface area contributed by atoms with Gasteiger partial charge < -0.3 is 15.2 Å². The lowest BCUT2D eigenvalue weighted by Gasteiger charge is -2.41. The third kappa shape index (κ3) is 4.17. The Kier molecular flexibility index (Phi) is 5.84. The zero-order valence-corrected chi connectivity index (χ0v) is 13.4. The van der Waals surface area contributed by atoms with Crippen molar-refractivity contribution in [2.45, 2.75) is 63.6 Å². The first kappa shape index (κ1) is 16.2. The summed E-state index contributed by atoms with van der Waals surface area (Å²) in [5, 5.41) is 13.8. The van der Waals surface area contributed by atoms with Gasteiger partial charge in [-0.05, 0) is 44.9 Å². The summed E-state index contributed by atoms with van der Waals surface area (Å²) < 4.78 is 5.26. The Hall–Kier alpha value is -0.160. The second-order valence-electron chi connectivity index (χ2n) is 6.73. The Morgan fingerprint density at radius 2 is 2.05 bits per heavy atom. The predicted octanol–water partition coefficient (Wildman–Crippen LogP) is 1.63. The molecule has 2 atom stereocenters. The van der Waals surface area contributed by atoms with Gasteiger partial charge in [0.15, 0.2) is 0 Å². The summed E-state index contributed by atoms with van der Waals surface area (Å²) in [6.07, 6.45) is 6.21. The predicted molar refractivity (Wildman–Crippen MR) is 81.9 cm³/mol. The summed E-state index contributed by atoms with van der Waals surface area (Å²) in [7, 11) is 1.76. The molecule has 2 aliphatic carbocycles. The van der Waals surface area contributed by atoms with Crippen molar-refractivity contribution in [3.63, 3.8) is 0 Å². The van der Waals surface area contributed by atoms with Crippen LogP contribution in [0.25, 0.3) is 0 Å². The van der Waals surface area contributed by atoms with Crippen LogP contribution in [-0.2, 0) is 4.74 Å². The molecular formula is C16H32N2O2. The van der Waals surface area contributed by atoms with Crippen molar-refractivity contribution in [3.8, 4) is 0 Å². The van der Waals surface area contributed by atoms with Crippen LogP contribution in [0.1, 0.15) is 46.0 Å². The van der Waals surface area contributed by atoms with Crippen molar-refractivity contribution in [2.24, 2.45) is 5.92 Å². The summed E-state index contributed by atoms with van der Waals surface area (Å²) in [4.78, 5) is 2.49. The number of hydrogen-bond donors (Lipinski definition) is 2. The molecular weight excluding hydrogens is 252 g/mol. The molecule has 2 fully saturated rings. The monoisotopic (exact) mass is 284 g/mol. The molecule has 2 N–H and O–H groups in total. The molecule has 2 rings (SSSR count). The molecule has 4 nitrogen and oxygen atoms in total. The van der Waals surface area contributed by atoms with Crippen molar-refractivity contribution in [1.82, 2.24) is 10.2 Å². The molecule has 0 bridgehead atoms. The highest BCUT2D eigenvalue weighted by atomic mass is 16.5. The summed E-state index contributed by atoms with van der Waals surface area (Å²) >= 11 is 0. The van der Waals surface area contributed by atoms with E-state index in [0.29, 0.717) is 18.0 Å². The van der Waals surface area contributed by atoms with E-state index in [9.17, 15) is 5.11 Å². The highest BCUT2D eigenvalue weighted by molar-refractivity contribution is 5.06. The minimum Gasteiger partial charge on any atom is -0.394 e. The summed E-state index contributed by atoms with van der Waals surface area (Å²) in [6, 6.07) is 1.18. The molecule has 118 valence electrons. The van der Waals surface area contributed by atoms with Gasteiger partial charge in [-0.15, -0.1) is 0 Å². The fourth-order valence-corrected chi connectivity index (χ4v) is 3.07. The van der Waals surface area contributed by atoms with Gasteiger partial charge in [0, 0.05) is 32.3 Å². The molecule has 0 aromatic heterocycles. The van der Waals surface area contributed by atoms with E-state index in [1.807, 2.05) is 0 Å². The molecule has 0 spiro atoms. The Bertz CT molecular complexity index is 292. The van der Waals surface area contributed by atoms with Gasteiger partial charge in [0.25, 0.3) is 0 Å². The Balaban J connectivity index is 2.01. The van der Waals surface area contributed by atoms with Crippen LogP contribution in [0.4, 0.5) is 0 Å². The highest BCUT2D eigenvalue weighted by Crippen LogP contribution is 2.42. The summed E-state index contributed by atoms with van der Waals surface area (Å²) in [5.41, 5.74) is -0.0850. The molecule has 0 aromatic rings. The second-order valence-corrected chi connectivity index (χ2v) is 6.73. The maximum absolute atomic E-state index is 10.1. The van der Waals surface area contributed by atoms with E-state index < -0.39 is 0 Å². The Morgan fingerprint density at radius 1 is 1.35 bits per heavy atom. The molecule has 0 aromatic carbocycles. The zero-order chi connectivity index (χ0) is 14.6. The van der Waals surface area contributed by atoms with Gasteiger partial charge in [0.2, 0.25) is 0 Å². The second kappa shape index (κ2) is 7.21. The van der Waals surface area contributed by atoms with Crippen LogP contribution in [0.5, 0.6) is 0 Å². The molecule has 2 unspecified atom stereocenters. The third-order valence-electron chi connectivity index (χ3n) is 4.99. The first-order chi connectivity index (χ1) is 9.65. The number of nitrogens with zero attached hydrogens (tertiary/aromatic N) is 1. The largest absolute Gasteiger partial charge is 0.394 e. The normalized spacial score (nSPS) is 23.9. The van der Waals surface area contributed by atoms with E-state index in [2.05, 4.69) is 24.1 Å². The van der Waals surface area contributed by atoms with Gasteiger partial charge in [-0.3, -0.25) is 4.90 Å². The van der Waals surface area contributed by atoms with Gasteiger partial charge in [-0.1, -0.05) is 6.92 Å². The number of hydrogen-bond acceptors (Lipinski definition) is 4. The van der Waals surface area contributed by atoms with Gasteiger partial charge >= 0.3 is 0 Å². The topological polar surface area (TPSA) is 44.7 Å². The van der Waals surface area contributed by atoms with Gasteiger partial charge in [-0.2, -0.15) is 0 Å². The van der Waals surface area contributed by atoms with Crippen molar-refractivity contribution in [1.29, 1.82) is 0 Å². The number of aliphatic hydroxyl groups excluding tert-OH is 1. The standard InChI is InChI=1S/C16H32N2O2/c1-4-13(2)18(9-10-20-3)11-16(12-19,14-5-6-14)17-15-7-8-15/h13-15,17,19H,4-12H2,1-3H3. The Morgan fingerprint density at radius 3 is 2.50 bits per heavy atom. The number of aliphatic hydroxyl groups is 1. The lowest BCUT2D eigenvalue weighted by atomic mass is 9.92. The summed E-state index contributed by atoms with van der Waals surface area (Å²) in [6.45, 7) is 7.43. The van der Waals surface area contributed by atoms with E-state index in [1.54, 1.807) is 7.11 Å². The van der Waals surface area contributed by atoms with Gasteiger partial charge in [0.05, 0.1) is 18.8 Å². The van der Waals surface area contributed by atoms with Crippen molar-refractivity contribution in [2.75, 3.05) is 33.4 Å². The number of methoxy groups -OCH3 is 1. The fourth-order valence-electron chi connectivity index (χ4n) is 3.07. The molecule has 4 heteroatoms. The maximum atomic E-state index is 10.1. The molecule has 0 aliphatic heterocycles. The Labute approximate surface area is 123 Å².